The molecule has 0 bridgehead atoms. The van der Waals surface area contributed by atoms with Gasteiger partial charge >= 0.3 is 0 Å². The van der Waals surface area contributed by atoms with Crippen molar-refractivity contribution >= 4 is 21.2 Å². The first-order valence-electron chi connectivity index (χ1n) is 5.42. The van der Waals surface area contributed by atoms with E-state index in [1.54, 1.807) is 11.3 Å². The van der Waals surface area contributed by atoms with Crippen molar-refractivity contribution in [2.75, 3.05) is 18.1 Å². The molecule has 1 fully saturated rings. The number of rotatable bonds is 2. The lowest BCUT2D eigenvalue weighted by atomic mass is 10.2. The molecular formula is C10H16N2O2S2. The van der Waals surface area contributed by atoms with Gasteiger partial charge in [0.25, 0.3) is 0 Å². The van der Waals surface area contributed by atoms with Crippen LogP contribution in [0.4, 0.5) is 0 Å². The number of thiazole rings is 1. The fourth-order valence-electron chi connectivity index (χ4n) is 1.90. The lowest BCUT2D eigenvalue weighted by molar-refractivity contribution is 0.523. The molecule has 4 nitrogen and oxygen atoms in total. The van der Waals surface area contributed by atoms with Crippen molar-refractivity contribution in [2.45, 2.75) is 26.3 Å². The Balaban J connectivity index is 2.26. The second kappa shape index (κ2) is 4.43. The molecule has 1 aliphatic rings. The maximum atomic E-state index is 11.6. The van der Waals surface area contributed by atoms with Gasteiger partial charge in [0.1, 0.15) is 0 Å². The highest BCUT2D eigenvalue weighted by molar-refractivity contribution is 7.91. The average Bonchev–Trinajstić information content (AvgIpc) is 2.58. The summed E-state index contributed by atoms with van der Waals surface area (Å²) in [5.74, 6) is 0.425. The highest BCUT2D eigenvalue weighted by atomic mass is 32.2. The van der Waals surface area contributed by atoms with E-state index in [4.69, 9.17) is 0 Å². The average molecular weight is 260 g/mol. The zero-order valence-corrected chi connectivity index (χ0v) is 11.1. The molecule has 1 aromatic heterocycles. The fraction of sp³-hybridized carbons (Fsp3) is 0.700. The Bertz CT molecular complexity index is 479. The first kappa shape index (κ1) is 12.0. The Morgan fingerprint density at radius 2 is 2.31 bits per heavy atom. The van der Waals surface area contributed by atoms with Crippen LogP contribution in [0.3, 0.4) is 0 Å². The monoisotopic (exact) mass is 260 g/mol. The molecule has 1 unspecified atom stereocenters. The van der Waals surface area contributed by atoms with Crippen molar-refractivity contribution in [2.24, 2.45) is 0 Å². The van der Waals surface area contributed by atoms with Gasteiger partial charge in [-0.15, -0.1) is 11.3 Å². The molecule has 16 heavy (non-hydrogen) atoms. The molecule has 0 aromatic carbocycles. The van der Waals surface area contributed by atoms with E-state index >= 15 is 0 Å². The molecule has 1 aliphatic heterocycles. The lowest BCUT2D eigenvalue weighted by Gasteiger charge is -2.22. The fourth-order valence-corrected chi connectivity index (χ4v) is 4.21. The van der Waals surface area contributed by atoms with Crippen molar-refractivity contribution in [1.29, 1.82) is 0 Å². The van der Waals surface area contributed by atoms with Crippen LogP contribution in [0.5, 0.6) is 0 Å². The number of nitrogens with one attached hydrogen (secondary N) is 1. The highest BCUT2D eigenvalue weighted by Crippen LogP contribution is 2.26. The summed E-state index contributed by atoms with van der Waals surface area (Å²) in [6, 6.07) is -0.115. The van der Waals surface area contributed by atoms with Gasteiger partial charge < -0.3 is 5.32 Å². The molecule has 0 aliphatic carbocycles. The van der Waals surface area contributed by atoms with E-state index in [1.807, 2.05) is 6.92 Å². The molecule has 2 heterocycles. The van der Waals surface area contributed by atoms with Crippen molar-refractivity contribution in [3.05, 3.63) is 15.6 Å². The summed E-state index contributed by atoms with van der Waals surface area (Å²) in [7, 11) is -2.89. The highest BCUT2D eigenvalue weighted by Gasteiger charge is 2.28. The van der Waals surface area contributed by atoms with Gasteiger partial charge in [0.15, 0.2) is 9.84 Å². The smallest absolute Gasteiger partial charge is 0.153 e. The molecule has 0 radical (unpaired) electrons. The molecule has 6 heteroatoms. The zero-order valence-electron chi connectivity index (χ0n) is 9.49. The van der Waals surface area contributed by atoms with E-state index < -0.39 is 9.84 Å². The number of aryl methyl sites for hydroxylation is 2. The standard InChI is InChI=1S/C10H16N2O2S2/c1-3-9-12-10(7(2)15-9)8-6-16(13,14)5-4-11-8/h8,11H,3-6H2,1-2H3. The van der Waals surface area contributed by atoms with Crippen LogP contribution in [0.15, 0.2) is 0 Å². The third kappa shape index (κ3) is 2.44. The van der Waals surface area contributed by atoms with Crippen LogP contribution in [-0.4, -0.2) is 31.5 Å². The number of hydrogen-bond acceptors (Lipinski definition) is 5. The van der Waals surface area contributed by atoms with Gasteiger partial charge in [-0.05, 0) is 13.3 Å². The van der Waals surface area contributed by atoms with E-state index in [0.717, 1.165) is 22.0 Å². The number of hydrogen-bond donors (Lipinski definition) is 1. The zero-order chi connectivity index (χ0) is 11.8. The van der Waals surface area contributed by atoms with Crippen molar-refractivity contribution in [3.63, 3.8) is 0 Å². The summed E-state index contributed by atoms with van der Waals surface area (Å²) in [5, 5.41) is 4.32. The second-order valence-electron chi connectivity index (χ2n) is 4.02. The Morgan fingerprint density at radius 3 is 2.88 bits per heavy atom. The maximum Gasteiger partial charge on any atom is 0.153 e. The summed E-state index contributed by atoms with van der Waals surface area (Å²) in [4.78, 5) is 5.64. The van der Waals surface area contributed by atoms with Crippen LogP contribution in [-0.2, 0) is 16.3 Å². The van der Waals surface area contributed by atoms with E-state index in [9.17, 15) is 8.42 Å². The summed E-state index contributed by atoms with van der Waals surface area (Å²) >= 11 is 1.66. The molecule has 1 atom stereocenters. The van der Waals surface area contributed by atoms with Gasteiger partial charge in [-0.2, -0.15) is 0 Å². The van der Waals surface area contributed by atoms with Crippen molar-refractivity contribution in [3.8, 4) is 0 Å². The van der Waals surface area contributed by atoms with Crippen molar-refractivity contribution in [1.82, 2.24) is 10.3 Å². The van der Waals surface area contributed by atoms with Crippen molar-refractivity contribution < 1.29 is 8.42 Å². The molecule has 0 spiro atoms. The Morgan fingerprint density at radius 1 is 1.56 bits per heavy atom. The van der Waals surface area contributed by atoms with Gasteiger partial charge in [0, 0.05) is 11.4 Å². The Labute approximate surface area is 100 Å². The van der Waals surface area contributed by atoms with E-state index in [0.29, 0.717) is 6.54 Å². The third-order valence-electron chi connectivity index (χ3n) is 2.73. The number of nitrogens with zero attached hydrogens (tertiary/aromatic N) is 1. The first-order valence-corrected chi connectivity index (χ1v) is 8.05. The summed E-state index contributed by atoms with van der Waals surface area (Å²) < 4.78 is 23.1. The summed E-state index contributed by atoms with van der Waals surface area (Å²) in [6.07, 6.45) is 0.908. The van der Waals surface area contributed by atoms with Gasteiger partial charge in [0.2, 0.25) is 0 Å². The summed E-state index contributed by atoms with van der Waals surface area (Å²) in [5.41, 5.74) is 0.921. The lowest BCUT2D eigenvalue weighted by Crippen LogP contribution is -2.39. The van der Waals surface area contributed by atoms with Crippen LogP contribution < -0.4 is 5.32 Å². The molecule has 1 aromatic rings. The van der Waals surface area contributed by atoms with Gasteiger partial charge in [0.05, 0.1) is 28.2 Å². The summed E-state index contributed by atoms with van der Waals surface area (Å²) in [6.45, 7) is 4.60. The van der Waals surface area contributed by atoms with E-state index in [2.05, 4.69) is 17.2 Å². The minimum Gasteiger partial charge on any atom is -0.307 e. The Kier molecular flexibility index (Phi) is 3.32. The molecule has 0 amide bonds. The second-order valence-corrected chi connectivity index (χ2v) is 7.54. The third-order valence-corrected chi connectivity index (χ3v) is 5.53. The molecule has 1 saturated heterocycles. The number of aromatic nitrogens is 1. The molecule has 90 valence electrons. The predicted molar refractivity (Wildman–Crippen MR) is 65.6 cm³/mol. The molecule has 1 N–H and O–H groups in total. The molecular weight excluding hydrogens is 244 g/mol. The minimum atomic E-state index is -2.89. The van der Waals surface area contributed by atoms with Crippen LogP contribution in [0, 0.1) is 6.92 Å². The largest absolute Gasteiger partial charge is 0.307 e. The van der Waals surface area contributed by atoms with Crippen LogP contribution in [0.1, 0.15) is 28.5 Å². The Hall–Kier alpha value is -0.460. The maximum absolute atomic E-state index is 11.6. The topological polar surface area (TPSA) is 59.1 Å². The quantitative estimate of drug-likeness (QED) is 0.864. The normalized spacial score (nSPS) is 24.5. The molecule has 0 saturated carbocycles. The van der Waals surface area contributed by atoms with Crippen LogP contribution in [0.25, 0.3) is 0 Å². The van der Waals surface area contributed by atoms with Gasteiger partial charge in [-0.3, -0.25) is 0 Å². The van der Waals surface area contributed by atoms with Gasteiger partial charge in [-0.25, -0.2) is 13.4 Å². The van der Waals surface area contributed by atoms with E-state index in [-0.39, 0.29) is 17.5 Å². The first-order chi connectivity index (χ1) is 7.52. The van der Waals surface area contributed by atoms with Gasteiger partial charge in [-0.1, -0.05) is 6.92 Å². The van der Waals surface area contributed by atoms with Crippen LogP contribution in [0.2, 0.25) is 0 Å². The molecule has 2 rings (SSSR count). The number of sulfone groups is 1. The SMILES string of the molecule is CCc1nc(C2CS(=O)(=O)CCN2)c(C)s1. The predicted octanol–water partition coefficient (Wildman–Crippen LogP) is 1.07. The minimum absolute atomic E-state index is 0.115. The van der Waals surface area contributed by atoms with Crippen LogP contribution >= 0.6 is 11.3 Å². The van der Waals surface area contributed by atoms with E-state index in [1.165, 1.54) is 0 Å².